The molecule has 4 aromatic rings. The Bertz CT molecular complexity index is 1240. The molecule has 0 fully saturated rings. The maximum Gasteiger partial charge on any atom is 0.266 e. The number of hydrogen-bond donors (Lipinski definition) is 1. The number of anilines is 1. The lowest BCUT2D eigenvalue weighted by molar-refractivity contribution is 0.103. The molecule has 0 saturated heterocycles. The second-order valence-corrected chi connectivity index (χ2v) is 9.58. The molecule has 0 bridgehead atoms. The van der Waals surface area contributed by atoms with Crippen LogP contribution in [0.1, 0.15) is 37.9 Å². The first kappa shape index (κ1) is 21.8. The molecule has 0 saturated carbocycles. The van der Waals surface area contributed by atoms with Crippen LogP contribution < -0.4 is 5.32 Å². The standard InChI is InChI=1S/C22H21BrClN5OS/c1-13-8-20(27-28(13)10-16-4-6-18(23)7-5-16)25-22(30)19-9-17(12-31-19)11-29-15(3)21(24)14(2)26-29/h4-9,12H,10-11H2,1-3H3,(H,25,27,30). The zero-order valence-electron chi connectivity index (χ0n) is 17.3. The van der Waals surface area contributed by atoms with E-state index in [1.54, 1.807) is 0 Å². The van der Waals surface area contributed by atoms with Crippen LogP contribution in [0.5, 0.6) is 0 Å². The van der Waals surface area contributed by atoms with Gasteiger partial charge in [-0.05, 0) is 55.5 Å². The van der Waals surface area contributed by atoms with Gasteiger partial charge in [0.2, 0.25) is 0 Å². The van der Waals surface area contributed by atoms with Crippen LogP contribution >= 0.6 is 38.9 Å². The topological polar surface area (TPSA) is 64.7 Å². The Kier molecular flexibility index (Phi) is 6.31. The minimum absolute atomic E-state index is 0.170. The van der Waals surface area contributed by atoms with Gasteiger partial charge in [-0.25, -0.2) is 0 Å². The van der Waals surface area contributed by atoms with Gasteiger partial charge in [-0.3, -0.25) is 14.2 Å². The van der Waals surface area contributed by atoms with E-state index < -0.39 is 0 Å². The van der Waals surface area contributed by atoms with Crippen LogP contribution in [-0.4, -0.2) is 25.5 Å². The number of nitrogens with one attached hydrogen (secondary N) is 1. The number of thiophene rings is 1. The van der Waals surface area contributed by atoms with Gasteiger partial charge in [0, 0.05) is 16.2 Å². The normalized spacial score (nSPS) is 11.1. The van der Waals surface area contributed by atoms with E-state index in [9.17, 15) is 4.79 Å². The molecule has 9 heteroatoms. The van der Waals surface area contributed by atoms with Crippen molar-refractivity contribution in [2.45, 2.75) is 33.9 Å². The Morgan fingerprint density at radius 1 is 1.06 bits per heavy atom. The fraction of sp³-hybridized carbons (Fsp3) is 0.227. The van der Waals surface area contributed by atoms with Crippen LogP contribution in [0.4, 0.5) is 5.82 Å². The summed E-state index contributed by atoms with van der Waals surface area (Å²) in [5.41, 5.74) is 4.85. The van der Waals surface area contributed by atoms with Crippen molar-refractivity contribution in [1.29, 1.82) is 0 Å². The van der Waals surface area contributed by atoms with Crippen LogP contribution in [0, 0.1) is 20.8 Å². The number of amides is 1. The summed E-state index contributed by atoms with van der Waals surface area (Å²) >= 11 is 11.1. The van der Waals surface area contributed by atoms with E-state index in [0.717, 1.165) is 32.7 Å². The highest BCUT2D eigenvalue weighted by atomic mass is 79.9. The number of benzene rings is 1. The fourth-order valence-electron chi connectivity index (χ4n) is 3.25. The molecule has 1 aromatic carbocycles. The number of halogens is 2. The summed E-state index contributed by atoms with van der Waals surface area (Å²) in [6.45, 7) is 7.02. The van der Waals surface area contributed by atoms with E-state index in [2.05, 4.69) is 31.4 Å². The molecule has 3 aromatic heterocycles. The zero-order chi connectivity index (χ0) is 22.1. The molecule has 160 valence electrons. The van der Waals surface area contributed by atoms with Gasteiger partial charge in [0.25, 0.3) is 5.91 Å². The molecular formula is C22H21BrClN5OS. The highest BCUT2D eigenvalue weighted by Crippen LogP contribution is 2.22. The molecule has 1 amide bonds. The number of rotatable bonds is 6. The molecule has 0 atom stereocenters. The average molecular weight is 519 g/mol. The van der Waals surface area contributed by atoms with Crippen molar-refractivity contribution >= 4 is 50.6 Å². The first-order chi connectivity index (χ1) is 14.8. The molecular weight excluding hydrogens is 498 g/mol. The highest BCUT2D eigenvalue weighted by Gasteiger charge is 2.15. The number of carbonyl (C=O) groups excluding carboxylic acids is 1. The molecule has 6 nitrogen and oxygen atoms in total. The molecule has 0 unspecified atom stereocenters. The zero-order valence-corrected chi connectivity index (χ0v) is 20.5. The largest absolute Gasteiger partial charge is 0.304 e. The summed E-state index contributed by atoms with van der Waals surface area (Å²) in [5.74, 6) is 0.371. The van der Waals surface area contributed by atoms with Gasteiger partial charge in [-0.15, -0.1) is 11.3 Å². The highest BCUT2D eigenvalue weighted by molar-refractivity contribution is 9.10. The van der Waals surface area contributed by atoms with E-state index in [1.807, 2.05) is 71.9 Å². The fourth-order valence-corrected chi connectivity index (χ4v) is 4.45. The SMILES string of the molecule is Cc1nn(Cc2csc(C(=O)Nc3cc(C)n(Cc4ccc(Br)cc4)n3)c2)c(C)c1Cl. The van der Waals surface area contributed by atoms with Crippen LogP contribution in [0.15, 0.2) is 46.3 Å². The van der Waals surface area contributed by atoms with Crippen molar-refractivity contribution in [3.05, 3.63) is 84.4 Å². The van der Waals surface area contributed by atoms with Gasteiger partial charge < -0.3 is 5.32 Å². The van der Waals surface area contributed by atoms with E-state index >= 15 is 0 Å². The van der Waals surface area contributed by atoms with Crippen molar-refractivity contribution in [1.82, 2.24) is 19.6 Å². The van der Waals surface area contributed by atoms with Crippen molar-refractivity contribution in [2.24, 2.45) is 0 Å². The quantitative estimate of drug-likeness (QED) is 0.349. The molecule has 1 N–H and O–H groups in total. The van der Waals surface area contributed by atoms with E-state index in [-0.39, 0.29) is 5.91 Å². The van der Waals surface area contributed by atoms with Crippen LogP contribution in [0.25, 0.3) is 0 Å². The maximum absolute atomic E-state index is 12.7. The lowest BCUT2D eigenvalue weighted by Gasteiger charge is -2.04. The van der Waals surface area contributed by atoms with E-state index in [1.165, 1.54) is 11.3 Å². The Balaban J connectivity index is 1.43. The number of nitrogens with zero attached hydrogens (tertiary/aromatic N) is 4. The van der Waals surface area contributed by atoms with Crippen LogP contribution in [-0.2, 0) is 13.1 Å². The Hall–Kier alpha value is -2.42. The molecule has 4 rings (SSSR count). The van der Waals surface area contributed by atoms with Crippen molar-refractivity contribution in [2.75, 3.05) is 5.32 Å². The average Bonchev–Trinajstić information content (AvgIpc) is 3.40. The first-order valence-corrected chi connectivity index (χ1v) is 11.7. The molecule has 0 spiro atoms. The van der Waals surface area contributed by atoms with Crippen molar-refractivity contribution < 1.29 is 4.79 Å². The number of aryl methyl sites for hydroxylation is 2. The summed E-state index contributed by atoms with van der Waals surface area (Å²) < 4.78 is 4.78. The van der Waals surface area contributed by atoms with E-state index in [4.69, 9.17) is 11.6 Å². The van der Waals surface area contributed by atoms with Crippen molar-refractivity contribution in [3.8, 4) is 0 Å². The maximum atomic E-state index is 12.7. The number of hydrogen-bond acceptors (Lipinski definition) is 4. The smallest absolute Gasteiger partial charge is 0.266 e. The van der Waals surface area contributed by atoms with Gasteiger partial charge in [0.15, 0.2) is 5.82 Å². The van der Waals surface area contributed by atoms with Gasteiger partial charge in [0.05, 0.1) is 34.4 Å². The minimum Gasteiger partial charge on any atom is -0.304 e. The minimum atomic E-state index is -0.170. The third-order valence-corrected chi connectivity index (χ3v) is 7.02. The predicted molar refractivity (Wildman–Crippen MR) is 128 cm³/mol. The molecule has 3 heterocycles. The second kappa shape index (κ2) is 8.98. The molecule has 0 radical (unpaired) electrons. The van der Waals surface area contributed by atoms with Gasteiger partial charge in [0.1, 0.15) is 0 Å². The van der Waals surface area contributed by atoms with Crippen LogP contribution in [0.3, 0.4) is 0 Å². The second-order valence-electron chi connectivity index (χ2n) is 7.37. The Labute approximate surface area is 198 Å². The third-order valence-electron chi connectivity index (χ3n) is 4.97. The lowest BCUT2D eigenvalue weighted by Crippen LogP contribution is -2.11. The molecule has 0 aliphatic heterocycles. The molecule has 0 aliphatic carbocycles. The summed E-state index contributed by atoms with van der Waals surface area (Å²) in [6, 6.07) is 11.9. The summed E-state index contributed by atoms with van der Waals surface area (Å²) in [5, 5.41) is 14.5. The Morgan fingerprint density at radius 3 is 2.45 bits per heavy atom. The summed E-state index contributed by atoms with van der Waals surface area (Å²) in [7, 11) is 0. The van der Waals surface area contributed by atoms with Crippen LogP contribution in [0.2, 0.25) is 5.02 Å². The number of carbonyl (C=O) groups is 1. The Morgan fingerprint density at radius 2 is 1.77 bits per heavy atom. The van der Waals surface area contributed by atoms with Gasteiger partial charge in [-0.1, -0.05) is 39.7 Å². The first-order valence-electron chi connectivity index (χ1n) is 9.67. The monoisotopic (exact) mass is 517 g/mol. The number of aromatic nitrogens is 4. The van der Waals surface area contributed by atoms with Gasteiger partial charge in [-0.2, -0.15) is 10.2 Å². The summed E-state index contributed by atoms with van der Waals surface area (Å²) in [6.07, 6.45) is 0. The predicted octanol–water partition coefficient (Wildman–Crippen LogP) is 5.83. The molecule has 31 heavy (non-hydrogen) atoms. The van der Waals surface area contributed by atoms with Crippen molar-refractivity contribution in [3.63, 3.8) is 0 Å². The lowest BCUT2D eigenvalue weighted by atomic mass is 10.2. The third kappa shape index (κ3) is 4.92. The van der Waals surface area contributed by atoms with Gasteiger partial charge >= 0.3 is 0 Å². The molecule has 0 aliphatic rings. The summed E-state index contributed by atoms with van der Waals surface area (Å²) in [4.78, 5) is 13.4. The van der Waals surface area contributed by atoms with E-state index in [0.29, 0.717) is 28.8 Å².